The number of H-pyrrole nitrogens is 1. The average molecular weight is 321 g/mol. The van der Waals surface area contributed by atoms with E-state index in [0.717, 1.165) is 22.2 Å². The SMILES string of the molecule is CC(=O)Nc1ccc(C(=O)NCc2c(C)[nH]c3ccccc23)cc1. The number of benzene rings is 2. The first-order valence-electron chi connectivity index (χ1n) is 7.76. The molecule has 122 valence electrons. The van der Waals surface area contributed by atoms with Crippen molar-refractivity contribution < 1.29 is 9.59 Å². The van der Waals surface area contributed by atoms with Gasteiger partial charge in [0.25, 0.3) is 5.91 Å². The first-order chi connectivity index (χ1) is 11.5. The molecule has 0 fully saturated rings. The van der Waals surface area contributed by atoms with Gasteiger partial charge in [-0.05, 0) is 42.8 Å². The highest BCUT2D eigenvalue weighted by Crippen LogP contribution is 2.21. The van der Waals surface area contributed by atoms with E-state index in [2.05, 4.69) is 15.6 Å². The van der Waals surface area contributed by atoms with Gasteiger partial charge in [0.2, 0.25) is 5.91 Å². The van der Waals surface area contributed by atoms with E-state index in [1.54, 1.807) is 24.3 Å². The van der Waals surface area contributed by atoms with Gasteiger partial charge in [0.15, 0.2) is 0 Å². The Morgan fingerprint density at radius 3 is 2.46 bits per heavy atom. The molecule has 3 rings (SSSR count). The lowest BCUT2D eigenvalue weighted by Crippen LogP contribution is -2.23. The van der Waals surface area contributed by atoms with Gasteiger partial charge in [-0.15, -0.1) is 0 Å². The van der Waals surface area contributed by atoms with Crippen LogP contribution in [0.5, 0.6) is 0 Å². The van der Waals surface area contributed by atoms with Crippen LogP contribution in [0.25, 0.3) is 10.9 Å². The van der Waals surface area contributed by atoms with Gasteiger partial charge in [0, 0.05) is 41.3 Å². The molecular formula is C19H19N3O2. The van der Waals surface area contributed by atoms with E-state index >= 15 is 0 Å². The van der Waals surface area contributed by atoms with Crippen LogP contribution in [0.3, 0.4) is 0 Å². The number of anilines is 1. The van der Waals surface area contributed by atoms with Crippen molar-refractivity contribution in [2.45, 2.75) is 20.4 Å². The molecule has 2 amide bonds. The summed E-state index contributed by atoms with van der Waals surface area (Å²) < 4.78 is 0. The molecule has 0 saturated carbocycles. The highest BCUT2D eigenvalue weighted by molar-refractivity contribution is 5.96. The van der Waals surface area contributed by atoms with E-state index in [1.807, 2.05) is 31.2 Å². The molecule has 0 aliphatic rings. The highest BCUT2D eigenvalue weighted by Gasteiger charge is 2.10. The molecule has 3 aromatic rings. The summed E-state index contributed by atoms with van der Waals surface area (Å²) in [4.78, 5) is 26.6. The van der Waals surface area contributed by atoms with E-state index in [4.69, 9.17) is 0 Å². The summed E-state index contributed by atoms with van der Waals surface area (Å²) in [5.41, 5.74) is 4.44. The van der Waals surface area contributed by atoms with Crippen LogP contribution >= 0.6 is 0 Å². The third-order valence-corrected chi connectivity index (χ3v) is 3.92. The van der Waals surface area contributed by atoms with Gasteiger partial charge >= 0.3 is 0 Å². The number of carbonyl (C=O) groups excluding carboxylic acids is 2. The quantitative estimate of drug-likeness (QED) is 0.689. The third kappa shape index (κ3) is 3.30. The van der Waals surface area contributed by atoms with E-state index in [0.29, 0.717) is 17.8 Å². The van der Waals surface area contributed by atoms with E-state index < -0.39 is 0 Å². The number of aromatic amines is 1. The number of hydrogen-bond acceptors (Lipinski definition) is 2. The highest BCUT2D eigenvalue weighted by atomic mass is 16.2. The topological polar surface area (TPSA) is 74.0 Å². The summed E-state index contributed by atoms with van der Waals surface area (Å²) in [6.45, 7) is 3.91. The van der Waals surface area contributed by atoms with Crippen LogP contribution in [0.15, 0.2) is 48.5 Å². The number of aromatic nitrogens is 1. The molecule has 0 aliphatic heterocycles. The molecule has 0 unspecified atom stereocenters. The van der Waals surface area contributed by atoms with Crippen LogP contribution in [0.4, 0.5) is 5.69 Å². The lowest BCUT2D eigenvalue weighted by Gasteiger charge is -2.07. The molecule has 1 heterocycles. The minimum atomic E-state index is -0.144. The zero-order valence-electron chi connectivity index (χ0n) is 13.6. The van der Waals surface area contributed by atoms with Crippen LogP contribution in [0.1, 0.15) is 28.5 Å². The standard InChI is InChI=1S/C19H19N3O2/c1-12-17(16-5-3-4-6-18(16)21-12)11-20-19(24)14-7-9-15(10-8-14)22-13(2)23/h3-10,21H,11H2,1-2H3,(H,20,24)(H,22,23). The maximum atomic E-state index is 12.3. The fraction of sp³-hybridized carbons (Fsp3) is 0.158. The zero-order chi connectivity index (χ0) is 17.1. The fourth-order valence-electron chi connectivity index (χ4n) is 2.74. The molecule has 0 bridgehead atoms. The molecular weight excluding hydrogens is 302 g/mol. The molecule has 24 heavy (non-hydrogen) atoms. The lowest BCUT2D eigenvalue weighted by atomic mass is 10.1. The largest absolute Gasteiger partial charge is 0.358 e. The normalized spacial score (nSPS) is 10.6. The second kappa shape index (κ2) is 6.58. The smallest absolute Gasteiger partial charge is 0.251 e. The number of hydrogen-bond donors (Lipinski definition) is 3. The van der Waals surface area contributed by atoms with Gasteiger partial charge in [0.1, 0.15) is 0 Å². The fourth-order valence-corrected chi connectivity index (χ4v) is 2.74. The van der Waals surface area contributed by atoms with Crippen LogP contribution in [0.2, 0.25) is 0 Å². The van der Waals surface area contributed by atoms with Crippen molar-refractivity contribution in [2.24, 2.45) is 0 Å². The van der Waals surface area contributed by atoms with Gasteiger partial charge in [-0.2, -0.15) is 0 Å². The van der Waals surface area contributed by atoms with Crippen LogP contribution in [-0.4, -0.2) is 16.8 Å². The molecule has 5 nitrogen and oxygen atoms in total. The maximum Gasteiger partial charge on any atom is 0.251 e. The lowest BCUT2D eigenvalue weighted by molar-refractivity contribution is -0.114. The van der Waals surface area contributed by atoms with Gasteiger partial charge in [-0.25, -0.2) is 0 Å². The van der Waals surface area contributed by atoms with Crippen molar-refractivity contribution in [1.82, 2.24) is 10.3 Å². The van der Waals surface area contributed by atoms with Crippen molar-refractivity contribution in [3.05, 3.63) is 65.4 Å². The number of para-hydroxylation sites is 1. The van der Waals surface area contributed by atoms with Gasteiger partial charge in [-0.1, -0.05) is 18.2 Å². The number of rotatable bonds is 4. The van der Waals surface area contributed by atoms with Gasteiger partial charge in [0.05, 0.1) is 0 Å². The third-order valence-electron chi connectivity index (χ3n) is 3.92. The Labute approximate surface area is 140 Å². The molecule has 0 saturated heterocycles. The number of carbonyl (C=O) groups is 2. The monoisotopic (exact) mass is 321 g/mol. The summed E-state index contributed by atoms with van der Waals surface area (Å²) in [5.74, 6) is -0.281. The van der Waals surface area contributed by atoms with E-state index in [1.165, 1.54) is 6.92 Å². The van der Waals surface area contributed by atoms with E-state index in [-0.39, 0.29) is 11.8 Å². The Morgan fingerprint density at radius 2 is 1.75 bits per heavy atom. The second-order valence-corrected chi connectivity index (χ2v) is 5.72. The summed E-state index contributed by atoms with van der Waals surface area (Å²) in [7, 11) is 0. The van der Waals surface area contributed by atoms with Gasteiger partial charge in [-0.3, -0.25) is 9.59 Å². The predicted octanol–water partition coefficient (Wildman–Crippen LogP) is 3.36. The molecule has 1 aromatic heterocycles. The van der Waals surface area contributed by atoms with Crippen molar-refractivity contribution in [1.29, 1.82) is 0 Å². The van der Waals surface area contributed by atoms with Crippen LogP contribution < -0.4 is 10.6 Å². The molecule has 3 N–H and O–H groups in total. The van der Waals surface area contributed by atoms with Crippen molar-refractivity contribution >= 4 is 28.4 Å². The van der Waals surface area contributed by atoms with Crippen LogP contribution in [-0.2, 0) is 11.3 Å². The van der Waals surface area contributed by atoms with E-state index in [9.17, 15) is 9.59 Å². The number of amides is 2. The summed E-state index contributed by atoms with van der Waals surface area (Å²) in [6, 6.07) is 14.9. The number of nitrogens with one attached hydrogen (secondary N) is 3. The molecule has 0 aliphatic carbocycles. The molecule has 0 radical (unpaired) electrons. The summed E-state index contributed by atoms with van der Waals surface area (Å²) >= 11 is 0. The summed E-state index contributed by atoms with van der Waals surface area (Å²) in [6.07, 6.45) is 0. The molecule has 0 spiro atoms. The minimum Gasteiger partial charge on any atom is -0.358 e. The Bertz CT molecular complexity index is 895. The van der Waals surface area contributed by atoms with Crippen molar-refractivity contribution in [3.63, 3.8) is 0 Å². The maximum absolute atomic E-state index is 12.3. The number of aryl methyl sites for hydroxylation is 1. The number of fused-ring (bicyclic) bond motifs is 1. The predicted molar refractivity (Wildman–Crippen MR) is 95.0 cm³/mol. The Kier molecular flexibility index (Phi) is 4.33. The molecule has 5 heteroatoms. The Morgan fingerprint density at radius 1 is 1.04 bits per heavy atom. The average Bonchev–Trinajstić information content (AvgIpc) is 2.88. The van der Waals surface area contributed by atoms with Crippen molar-refractivity contribution in [2.75, 3.05) is 5.32 Å². The Hall–Kier alpha value is -3.08. The van der Waals surface area contributed by atoms with Crippen molar-refractivity contribution in [3.8, 4) is 0 Å². The minimum absolute atomic E-state index is 0.137. The first kappa shape index (κ1) is 15.8. The second-order valence-electron chi connectivity index (χ2n) is 5.72. The summed E-state index contributed by atoms with van der Waals surface area (Å²) in [5, 5.41) is 6.75. The van der Waals surface area contributed by atoms with Crippen LogP contribution in [0, 0.1) is 6.92 Å². The Balaban J connectivity index is 1.70. The molecule has 0 atom stereocenters. The molecule has 2 aromatic carbocycles. The van der Waals surface area contributed by atoms with Gasteiger partial charge < -0.3 is 15.6 Å². The first-order valence-corrected chi connectivity index (χ1v) is 7.76. The zero-order valence-corrected chi connectivity index (χ0v) is 13.6.